The van der Waals surface area contributed by atoms with E-state index in [0.717, 1.165) is 53.7 Å². The Kier molecular flexibility index (Phi) is 5.30. The Bertz CT molecular complexity index is 1030. The number of ether oxygens (including phenoxy) is 2. The molecule has 0 bridgehead atoms. The summed E-state index contributed by atoms with van der Waals surface area (Å²) >= 11 is 6.60. The van der Waals surface area contributed by atoms with Crippen molar-refractivity contribution in [3.05, 3.63) is 65.3 Å². The number of pyridine rings is 1. The van der Waals surface area contributed by atoms with Gasteiger partial charge >= 0.3 is 0 Å². The molecule has 5 rings (SSSR count). The van der Waals surface area contributed by atoms with E-state index in [9.17, 15) is 0 Å². The van der Waals surface area contributed by atoms with Crippen LogP contribution in [0.25, 0.3) is 10.8 Å². The molecule has 0 radical (unpaired) electrons. The molecule has 30 heavy (non-hydrogen) atoms. The monoisotopic (exact) mass is 422 g/mol. The smallest absolute Gasteiger partial charge is 0.221 e. The lowest BCUT2D eigenvalue weighted by atomic mass is 9.78. The zero-order valence-corrected chi connectivity index (χ0v) is 17.8. The molecule has 2 aliphatic carbocycles. The zero-order chi connectivity index (χ0) is 20.6. The Morgan fingerprint density at radius 2 is 1.80 bits per heavy atom. The molecule has 2 aliphatic rings. The van der Waals surface area contributed by atoms with Crippen LogP contribution in [0.5, 0.6) is 11.6 Å². The highest BCUT2D eigenvalue weighted by Gasteiger charge is 2.44. The quantitative estimate of drug-likeness (QED) is 0.537. The largest absolute Gasteiger partial charge is 0.489 e. The van der Waals surface area contributed by atoms with Gasteiger partial charge in [0.25, 0.3) is 0 Å². The van der Waals surface area contributed by atoms with Crippen molar-refractivity contribution in [3.63, 3.8) is 0 Å². The highest BCUT2D eigenvalue weighted by Crippen LogP contribution is 2.46. The molecule has 0 spiro atoms. The van der Waals surface area contributed by atoms with Gasteiger partial charge in [0.2, 0.25) is 5.88 Å². The third-order valence-electron chi connectivity index (χ3n) is 6.55. The van der Waals surface area contributed by atoms with Crippen LogP contribution in [-0.4, -0.2) is 16.6 Å². The highest BCUT2D eigenvalue weighted by atomic mass is 35.5. The van der Waals surface area contributed by atoms with Gasteiger partial charge in [-0.2, -0.15) is 0 Å². The van der Waals surface area contributed by atoms with Gasteiger partial charge in [0.05, 0.1) is 11.1 Å². The fourth-order valence-electron chi connectivity index (χ4n) is 4.57. The lowest BCUT2D eigenvalue weighted by molar-refractivity contribution is 0.110. The van der Waals surface area contributed by atoms with E-state index in [4.69, 9.17) is 26.8 Å². The molecule has 2 N–H and O–H groups in total. The van der Waals surface area contributed by atoms with Crippen LogP contribution in [0.1, 0.15) is 44.1 Å². The van der Waals surface area contributed by atoms with Crippen molar-refractivity contribution in [2.24, 2.45) is 11.7 Å². The molecule has 4 nitrogen and oxygen atoms in total. The first-order valence-corrected chi connectivity index (χ1v) is 11.2. The molecule has 0 aliphatic heterocycles. The predicted octanol–water partition coefficient (Wildman–Crippen LogP) is 5.90. The summed E-state index contributed by atoms with van der Waals surface area (Å²) in [4.78, 5) is 4.41. The average Bonchev–Trinajstić information content (AvgIpc) is 3.61. The molecular weight excluding hydrogens is 396 g/mol. The molecular formula is C25H27ClN2O2. The van der Waals surface area contributed by atoms with E-state index >= 15 is 0 Å². The van der Waals surface area contributed by atoms with Gasteiger partial charge in [0.1, 0.15) is 12.4 Å². The van der Waals surface area contributed by atoms with Crippen molar-refractivity contribution in [1.29, 1.82) is 0 Å². The Hall–Kier alpha value is -2.30. The Labute approximate surface area is 182 Å². The molecule has 0 amide bonds. The van der Waals surface area contributed by atoms with Crippen LogP contribution in [0.15, 0.2) is 54.7 Å². The number of nitrogens with two attached hydrogens (primary N) is 1. The van der Waals surface area contributed by atoms with Gasteiger partial charge in [-0.25, -0.2) is 4.98 Å². The number of halogens is 1. The number of rotatable bonds is 6. The maximum atomic E-state index is 6.61. The number of benzene rings is 2. The van der Waals surface area contributed by atoms with Crippen LogP contribution in [0, 0.1) is 5.92 Å². The summed E-state index contributed by atoms with van der Waals surface area (Å²) in [6.07, 6.45) is 8.57. The van der Waals surface area contributed by atoms with E-state index in [0.29, 0.717) is 17.5 Å². The van der Waals surface area contributed by atoms with E-state index in [1.165, 1.54) is 12.8 Å². The number of fused-ring (bicyclic) bond motifs is 1. The minimum Gasteiger partial charge on any atom is -0.489 e. The summed E-state index contributed by atoms with van der Waals surface area (Å²) in [5.41, 5.74) is 7.74. The zero-order valence-electron chi connectivity index (χ0n) is 17.0. The van der Waals surface area contributed by atoms with E-state index in [2.05, 4.69) is 4.98 Å². The molecule has 0 atom stereocenters. The lowest BCUT2D eigenvalue weighted by Gasteiger charge is -2.37. The second-order valence-electron chi connectivity index (χ2n) is 8.72. The first kappa shape index (κ1) is 19.7. The molecule has 0 saturated heterocycles. The van der Waals surface area contributed by atoms with Crippen molar-refractivity contribution in [2.75, 3.05) is 0 Å². The first-order chi connectivity index (χ1) is 14.6. The van der Waals surface area contributed by atoms with Crippen LogP contribution in [0.2, 0.25) is 5.02 Å². The SMILES string of the molecule is NC1(C2CC2)CCC(Oc2cc3ccnc(OCc4ccccc4)c3cc2Cl)CC1. The van der Waals surface area contributed by atoms with Gasteiger partial charge in [0.15, 0.2) is 0 Å². The van der Waals surface area contributed by atoms with Gasteiger partial charge in [-0.1, -0.05) is 41.9 Å². The molecule has 5 heteroatoms. The lowest BCUT2D eigenvalue weighted by Crippen LogP contribution is -2.47. The van der Waals surface area contributed by atoms with E-state index < -0.39 is 0 Å². The third kappa shape index (κ3) is 4.12. The topological polar surface area (TPSA) is 57.4 Å². The summed E-state index contributed by atoms with van der Waals surface area (Å²) in [5, 5.41) is 2.49. The molecule has 156 valence electrons. The summed E-state index contributed by atoms with van der Waals surface area (Å²) in [5.74, 6) is 2.04. The summed E-state index contributed by atoms with van der Waals surface area (Å²) in [6, 6.07) is 15.9. The second kappa shape index (κ2) is 8.09. The highest BCUT2D eigenvalue weighted by molar-refractivity contribution is 6.33. The minimum atomic E-state index is 0.0315. The molecule has 3 aromatic rings. The number of hydrogen-bond acceptors (Lipinski definition) is 4. The van der Waals surface area contributed by atoms with Crippen LogP contribution >= 0.6 is 11.6 Å². The maximum Gasteiger partial charge on any atom is 0.221 e. The van der Waals surface area contributed by atoms with E-state index in [1.807, 2.05) is 48.5 Å². The minimum absolute atomic E-state index is 0.0315. The maximum absolute atomic E-state index is 6.61. The van der Waals surface area contributed by atoms with Crippen LogP contribution < -0.4 is 15.2 Å². The van der Waals surface area contributed by atoms with Crippen LogP contribution in [-0.2, 0) is 6.61 Å². The van der Waals surface area contributed by atoms with Gasteiger partial charge < -0.3 is 15.2 Å². The Balaban J connectivity index is 1.30. The normalized spacial score (nSPS) is 24.0. The van der Waals surface area contributed by atoms with Gasteiger partial charge in [-0.3, -0.25) is 0 Å². The summed E-state index contributed by atoms with van der Waals surface area (Å²) < 4.78 is 12.3. The molecule has 1 aromatic heterocycles. The molecule has 2 aromatic carbocycles. The van der Waals surface area contributed by atoms with Crippen molar-refractivity contribution in [1.82, 2.24) is 4.98 Å². The number of nitrogens with zero attached hydrogens (tertiary/aromatic N) is 1. The molecule has 1 heterocycles. The Morgan fingerprint density at radius 3 is 2.53 bits per heavy atom. The van der Waals surface area contributed by atoms with Gasteiger partial charge in [-0.05, 0) is 73.6 Å². The molecule has 2 saturated carbocycles. The Morgan fingerprint density at radius 1 is 1.03 bits per heavy atom. The van der Waals surface area contributed by atoms with Crippen molar-refractivity contribution >= 4 is 22.4 Å². The van der Waals surface area contributed by atoms with E-state index in [-0.39, 0.29) is 11.6 Å². The number of hydrogen-bond donors (Lipinski definition) is 1. The average molecular weight is 423 g/mol. The van der Waals surface area contributed by atoms with E-state index in [1.54, 1.807) is 6.20 Å². The summed E-state index contributed by atoms with van der Waals surface area (Å²) in [6.45, 7) is 0.465. The molecule has 0 unspecified atom stereocenters. The third-order valence-corrected chi connectivity index (χ3v) is 6.84. The van der Waals surface area contributed by atoms with Crippen LogP contribution in [0.4, 0.5) is 0 Å². The van der Waals surface area contributed by atoms with Crippen LogP contribution in [0.3, 0.4) is 0 Å². The van der Waals surface area contributed by atoms with Crippen molar-refractivity contribution in [2.45, 2.75) is 56.8 Å². The van der Waals surface area contributed by atoms with Crippen molar-refractivity contribution < 1.29 is 9.47 Å². The fraction of sp³-hybridized carbons (Fsp3) is 0.400. The fourth-order valence-corrected chi connectivity index (χ4v) is 4.78. The van der Waals surface area contributed by atoms with Gasteiger partial charge in [-0.15, -0.1) is 0 Å². The second-order valence-corrected chi connectivity index (χ2v) is 9.13. The predicted molar refractivity (Wildman–Crippen MR) is 120 cm³/mol. The first-order valence-electron chi connectivity index (χ1n) is 10.8. The number of aromatic nitrogens is 1. The van der Waals surface area contributed by atoms with Crippen molar-refractivity contribution in [3.8, 4) is 11.6 Å². The standard InChI is InChI=1S/C25H27ClN2O2/c26-22-15-21-18(10-13-28-24(21)29-16-17-4-2-1-3-5-17)14-23(22)30-20-8-11-25(27,12-9-20)19-6-7-19/h1-5,10,13-15,19-20H,6-9,11-12,16,27H2. The summed E-state index contributed by atoms with van der Waals surface area (Å²) in [7, 11) is 0. The van der Waals surface area contributed by atoms with Gasteiger partial charge in [0, 0.05) is 17.1 Å². The molecule has 2 fully saturated rings.